The minimum Gasteiger partial charge on any atom is -0.480 e. The zero-order valence-corrected chi connectivity index (χ0v) is 15.0. The molecule has 2 rings (SSSR count). The Morgan fingerprint density at radius 3 is 2.31 bits per heavy atom. The van der Waals surface area contributed by atoms with Gasteiger partial charge < -0.3 is 15.2 Å². The van der Waals surface area contributed by atoms with Crippen molar-refractivity contribution in [1.29, 1.82) is 0 Å². The molecule has 0 aliphatic rings. The molecule has 1 unspecified atom stereocenters. The molecule has 138 valence electrons. The number of carbonyl (C=O) groups excluding carboxylic acids is 1. The predicted molar refractivity (Wildman–Crippen MR) is 96.3 cm³/mol. The molecule has 0 heterocycles. The van der Waals surface area contributed by atoms with E-state index in [2.05, 4.69) is 5.32 Å². The van der Waals surface area contributed by atoms with E-state index in [0.29, 0.717) is 11.1 Å². The maximum absolute atomic E-state index is 13.4. The molecule has 1 amide bonds. The normalized spacial score (nSPS) is 12.3. The molecule has 5 nitrogen and oxygen atoms in total. The summed E-state index contributed by atoms with van der Waals surface area (Å²) in [6.07, 6.45) is -0.705. The highest BCUT2D eigenvalue weighted by Gasteiger charge is 2.24. The van der Waals surface area contributed by atoms with E-state index in [1.54, 1.807) is 51.1 Å². The largest absolute Gasteiger partial charge is 0.480 e. The van der Waals surface area contributed by atoms with E-state index < -0.39 is 23.7 Å². The summed E-state index contributed by atoms with van der Waals surface area (Å²) in [5.74, 6) is -1.50. The molecule has 2 aromatic rings. The lowest BCUT2D eigenvalue weighted by molar-refractivity contribution is -0.139. The molecule has 0 saturated heterocycles. The van der Waals surface area contributed by atoms with Crippen LogP contribution < -0.4 is 5.32 Å². The monoisotopic (exact) mass is 359 g/mol. The molecule has 0 fully saturated rings. The van der Waals surface area contributed by atoms with Crippen LogP contribution in [0.1, 0.15) is 26.3 Å². The first-order chi connectivity index (χ1) is 12.1. The van der Waals surface area contributed by atoms with Crippen molar-refractivity contribution >= 4 is 12.1 Å². The van der Waals surface area contributed by atoms with Crippen molar-refractivity contribution in [3.63, 3.8) is 0 Å². The third-order valence-electron chi connectivity index (χ3n) is 3.51. The number of aliphatic carboxylic acids is 1. The van der Waals surface area contributed by atoms with Crippen molar-refractivity contribution in [2.75, 3.05) is 0 Å². The molecule has 2 N–H and O–H groups in total. The van der Waals surface area contributed by atoms with Crippen molar-refractivity contribution < 1.29 is 23.8 Å². The van der Waals surface area contributed by atoms with E-state index >= 15 is 0 Å². The smallest absolute Gasteiger partial charge is 0.408 e. The number of carboxylic acid groups (broad SMARTS) is 1. The second-order valence-electron chi connectivity index (χ2n) is 6.95. The number of carboxylic acids is 1. The fourth-order valence-corrected chi connectivity index (χ4v) is 2.43. The van der Waals surface area contributed by atoms with E-state index in [9.17, 15) is 19.1 Å². The second kappa shape index (κ2) is 7.99. The minimum atomic E-state index is -1.16. The highest BCUT2D eigenvalue weighted by molar-refractivity contribution is 5.80. The van der Waals surface area contributed by atoms with Crippen LogP contribution in [0.25, 0.3) is 11.1 Å². The summed E-state index contributed by atoms with van der Waals surface area (Å²) in [5.41, 5.74) is 1.45. The number of ether oxygens (including phenoxy) is 1. The van der Waals surface area contributed by atoms with Gasteiger partial charge in [0.1, 0.15) is 17.5 Å². The van der Waals surface area contributed by atoms with Gasteiger partial charge in [0.05, 0.1) is 0 Å². The number of amides is 1. The fraction of sp³-hybridized carbons (Fsp3) is 0.300. The summed E-state index contributed by atoms with van der Waals surface area (Å²) in [7, 11) is 0. The van der Waals surface area contributed by atoms with Gasteiger partial charge in [-0.1, -0.05) is 36.4 Å². The summed E-state index contributed by atoms with van der Waals surface area (Å²) in [6, 6.07) is 12.1. The van der Waals surface area contributed by atoms with Crippen LogP contribution in [0.2, 0.25) is 0 Å². The molecule has 0 aliphatic heterocycles. The highest BCUT2D eigenvalue weighted by Crippen LogP contribution is 2.22. The average Bonchev–Trinajstić information content (AvgIpc) is 2.52. The topological polar surface area (TPSA) is 75.6 Å². The number of benzene rings is 2. The van der Waals surface area contributed by atoms with Crippen LogP contribution in [0, 0.1) is 5.82 Å². The fourth-order valence-electron chi connectivity index (χ4n) is 2.43. The Labute approximate surface area is 151 Å². The number of rotatable bonds is 5. The number of halogens is 1. The Balaban J connectivity index is 2.15. The van der Waals surface area contributed by atoms with Crippen LogP contribution in [0.3, 0.4) is 0 Å². The average molecular weight is 359 g/mol. The number of carbonyl (C=O) groups is 2. The lowest BCUT2D eigenvalue weighted by Gasteiger charge is -2.22. The summed E-state index contributed by atoms with van der Waals surface area (Å²) in [6.45, 7) is 5.10. The molecule has 0 spiro atoms. The van der Waals surface area contributed by atoms with Crippen LogP contribution >= 0.6 is 0 Å². The SMILES string of the molecule is CC(C)(C)OC(=O)NC(Cc1cccc(-c2cccc(F)c2)c1)C(=O)O. The first-order valence-corrected chi connectivity index (χ1v) is 8.21. The van der Waals surface area contributed by atoms with Crippen LogP contribution in [-0.4, -0.2) is 28.8 Å². The quantitative estimate of drug-likeness (QED) is 0.846. The molecule has 0 aromatic heterocycles. The van der Waals surface area contributed by atoms with Gasteiger partial charge in [0.2, 0.25) is 0 Å². The maximum Gasteiger partial charge on any atom is 0.408 e. The van der Waals surface area contributed by atoms with Gasteiger partial charge in [-0.25, -0.2) is 14.0 Å². The molecular weight excluding hydrogens is 337 g/mol. The van der Waals surface area contributed by atoms with Gasteiger partial charge >= 0.3 is 12.1 Å². The van der Waals surface area contributed by atoms with Crippen LogP contribution in [0.15, 0.2) is 48.5 Å². The van der Waals surface area contributed by atoms with Gasteiger partial charge in [-0.2, -0.15) is 0 Å². The van der Waals surface area contributed by atoms with E-state index in [4.69, 9.17) is 4.74 Å². The van der Waals surface area contributed by atoms with Gasteiger partial charge in [-0.3, -0.25) is 0 Å². The predicted octanol–water partition coefficient (Wildman–Crippen LogP) is 4.01. The molecule has 26 heavy (non-hydrogen) atoms. The first kappa shape index (κ1) is 19.4. The summed E-state index contributed by atoms with van der Waals surface area (Å²) >= 11 is 0. The minimum absolute atomic E-state index is 0.0811. The van der Waals surface area contributed by atoms with Gasteiger partial charge in [-0.15, -0.1) is 0 Å². The second-order valence-corrected chi connectivity index (χ2v) is 6.95. The molecule has 1 atom stereocenters. The maximum atomic E-state index is 13.4. The molecule has 0 saturated carbocycles. The van der Waals surface area contributed by atoms with Crippen molar-refractivity contribution in [3.05, 3.63) is 59.9 Å². The zero-order chi connectivity index (χ0) is 19.3. The van der Waals surface area contributed by atoms with E-state index in [0.717, 1.165) is 5.56 Å². The van der Waals surface area contributed by atoms with Crippen molar-refractivity contribution in [1.82, 2.24) is 5.32 Å². The molecule has 0 aliphatic carbocycles. The Kier molecular flexibility index (Phi) is 5.97. The third-order valence-corrected chi connectivity index (χ3v) is 3.51. The standard InChI is InChI=1S/C20H22FNO4/c1-20(2,3)26-19(25)22-17(18(23)24)11-13-6-4-7-14(10-13)15-8-5-9-16(21)12-15/h4-10,12,17H,11H2,1-3H3,(H,22,25)(H,23,24). The lowest BCUT2D eigenvalue weighted by atomic mass is 9.99. The van der Waals surface area contributed by atoms with Gasteiger partial charge in [0.25, 0.3) is 0 Å². The molecule has 0 radical (unpaired) electrons. The molecule has 6 heteroatoms. The number of hydrogen-bond acceptors (Lipinski definition) is 3. The third kappa shape index (κ3) is 5.88. The molecule has 2 aromatic carbocycles. The van der Waals surface area contributed by atoms with Gasteiger partial charge in [0, 0.05) is 6.42 Å². The van der Waals surface area contributed by atoms with Gasteiger partial charge in [-0.05, 0) is 49.6 Å². The highest BCUT2D eigenvalue weighted by atomic mass is 19.1. The molecular formula is C20H22FNO4. The van der Waals surface area contributed by atoms with Crippen molar-refractivity contribution in [3.8, 4) is 11.1 Å². The van der Waals surface area contributed by atoms with Gasteiger partial charge in [0.15, 0.2) is 0 Å². The summed E-state index contributed by atoms with van der Waals surface area (Å²) in [5, 5.41) is 11.8. The first-order valence-electron chi connectivity index (χ1n) is 8.21. The Morgan fingerprint density at radius 1 is 1.12 bits per heavy atom. The van der Waals surface area contributed by atoms with Crippen LogP contribution in [0.5, 0.6) is 0 Å². The van der Waals surface area contributed by atoms with E-state index in [1.165, 1.54) is 12.1 Å². The summed E-state index contributed by atoms with van der Waals surface area (Å²) in [4.78, 5) is 23.3. The zero-order valence-electron chi connectivity index (χ0n) is 15.0. The molecule has 0 bridgehead atoms. The van der Waals surface area contributed by atoms with Crippen molar-refractivity contribution in [2.24, 2.45) is 0 Å². The Bertz CT molecular complexity index is 798. The Morgan fingerprint density at radius 2 is 1.73 bits per heavy atom. The number of nitrogens with one attached hydrogen (secondary N) is 1. The van der Waals surface area contributed by atoms with E-state index in [1.807, 2.05) is 6.07 Å². The lowest BCUT2D eigenvalue weighted by Crippen LogP contribution is -2.44. The van der Waals surface area contributed by atoms with E-state index in [-0.39, 0.29) is 12.2 Å². The summed E-state index contributed by atoms with van der Waals surface area (Å²) < 4.78 is 18.5. The van der Waals surface area contributed by atoms with Crippen molar-refractivity contribution in [2.45, 2.75) is 38.8 Å². The number of hydrogen-bond donors (Lipinski definition) is 2. The Hall–Kier alpha value is -2.89. The van der Waals surface area contributed by atoms with Crippen LogP contribution in [0.4, 0.5) is 9.18 Å². The number of alkyl carbamates (subject to hydrolysis) is 1. The van der Waals surface area contributed by atoms with Crippen LogP contribution in [-0.2, 0) is 16.0 Å².